The molecule has 0 N–H and O–H groups in total. The van der Waals surface area contributed by atoms with Crippen molar-refractivity contribution in [2.45, 2.75) is 12.8 Å². The molecule has 0 spiro atoms. The third-order valence-corrected chi connectivity index (χ3v) is 3.06. The second-order valence-electron chi connectivity index (χ2n) is 3.33. The molecule has 1 rings (SSSR count). The Morgan fingerprint density at radius 2 is 2.27 bits per heavy atom. The van der Waals surface area contributed by atoms with Crippen LogP contribution in [0.15, 0.2) is 6.20 Å². The molecular weight excluding hydrogens is 230 g/mol. The summed E-state index contributed by atoms with van der Waals surface area (Å²) in [4.78, 5) is 10.8. The predicted molar refractivity (Wildman–Crippen MR) is 68.0 cm³/mol. The van der Waals surface area contributed by atoms with E-state index in [2.05, 4.69) is 21.1 Å². The van der Waals surface area contributed by atoms with E-state index in [1.807, 2.05) is 25.7 Å². The number of anilines is 1. The standard InChI is InChI=1S/C10H16ClN3S/c1-8-9(6-11)7-12-10(13-8)14(2)4-5-15-3/h7H,4-6H2,1-3H3. The minimum absolute atomic E-state index is 0.473. The van der Waals surface area contributed by atoms with Gasteiger partial charge >= 0.3 is 0 Å². The van der Waals surface area contributed by atoms with Gasteiger partial charge in [0.05, 0.1) is 5.88 Å². The Bertz CT molecular complexity index is 320. The second-order valence-corrected chi connectivity index (χ2v) is 4.58. The molecule has 0 aliphatic heterocycles. The zero-order valence-corrected chi connectivity index (χ0v) is 10.9. The topological polar surface area (TPSA) is 29.0 Å². The van der Waals surface area contributed by atoms with Crippen LogP contribution in [-0.4, -0.2) is 35.6 Å². The minimum Gasteiger partial charge on any atom is -0.343 e. The van der Waals surface area contributed by atoms with E-state index in [0.717, 1.165) is 29.5 Å². The van der Waals surface area contributed by atoms with E-state index in [4.69, 9.17) is 11.6 Å². The lowest BCUT2D eigenvalue weighted by molar-refractivity contribution is 0.890. The zero-order valence-electron chi connectivity index (χ0n) is 9.33. The van der Waals surface area contributed by atoms with Crippen molar-refractivity contribution in [3.05, 3.63) is 17.5 Å². The molecule has 15 heavy (non-hydrogen) atoms. The summed E-state index contributed by atoms with van der Waals surface area (Å²) in [5, 5.41) is 0. The summed E-state index contributed by atoms with van der Waals surface area (Å²) in [5.74, 6) is 2.33. The first-order chi connectivity index (χ1) is 7.19. The van der Waals surface area contributed by atoms with Crippen LogP contribution < -0.4 is 4.90 Å². The number of nitrogens with zero attached hydrogens (tertiary/aromatic N) is 3. The maximum atomic E-state index is 5.75. The highest BCUT2D eigenvalue weighted by Crippen LogP contribution is 2.12. The molecule has 1 aromatic heterocycles. The van der Waals surface area contributed by atoms with Gasteiger partial charge in [0.25, 0.3) is 0 Å². The molecule has 0 aliphatic rings. The van der Waals surface area contributed by atoms with Crippen molar-refractivity contribution in [3.8, 4) is 0 Å². The lowest BCUT2D eigenvalue weighted by atomic mass is 10.3. The van der Waals surface area contributed by atoms with Crippen LogP contribution in [0, 0.1) is 6.92 Å². The van der Waals surface area contributed by atoms with Crippen LogP contribution >= 0.6 is 23.4 Å². The predicted octanol–water partition coefficient (Wildman–Crippen LogP) is 2.32. The van der Waals surface area contributed by atoms with Crippen LogP contribution in [0.1, 0.15) is 11.3 Å². The number of hydrogen-bond acceptors (Lipinski definition) is 4. The molecule has 0 bridgehead atoms. The molecule has 0 aromatic carbocycles. The van der Waals surface area contributed by atoms with Crippen LogP contribution in [0.3, 0.4) is 0 Å². The number of thioether (sulfide) groups is 1. The number of aryl methyl sites for hydroxylation is 1. The molecule has 0 unspecified atom stereocenters. The van der Waals surface area contributed by atoms with E-state index >= 15 is 0 Å². The molecule has 1 aromatic rings. The first-order valence-corrected chi connectivity index (χ1v) is 6.70. The van der Waals surface area contributed by atoms with Gasteiger partial charge in [-0.15, -0.1) is 11.6 Å². The maximum Gasteiger partial charge on any atom is 0.225 e. The number of aromatic nitrogens is 2. The normalized spacial score (nSPS) is 10.4. The Balaban J connectivity index is 2.73. The molecule has 0 saturated carbocycles. The molecule has 0 atom stereocenters. The van der Waals surface area contributed by atoms with E-state index in [1.165, 1.54) is 0 Å². The summed E-state index contributed by atoms with van der Waals surface area (Å²) < 4.78 is 0. The first kappa shape index (κ1) is 12.6. The van der Waals surface area contributed by atoms with E-state index in [0.29, 0.717) is 5.88 Å². The summed E-state index contributed by atoms with van der Waals surface area (Å²) in [5.41, 5.74) is 1.96. The van der Waals surface area contributed by atoms with Crippen molar-refractivity contribution >= 4 is 29.3 Å². The van der Waals surface area contributed by atoms with Crippen molar-refractivity contribution in [1.29, 1.82) is 0 Å². The third kappa shape index (κ3) is 3.54. The molecule has 0 fully saturated rings. The van der Waals surface area contributed by atoms with Gasteiger partial charge in [-0.1, -0.05) is 0 Å². The highest BCUT2D eigenvalue weighted by Gasteiger charge is 2.06. The Kier molecular flexibility index (Phi) is 5.19. The van der Waals surface area contributed by atoms with E-state index < -0.39 is 0 Å². The summed E-state index contributed by atoms with van der Waals surface area (Å²) in [6.07, 6.45) is 3.90. The van der Waals surface area contributed by atoms with Gasteiger partial charge in [0.2, 0.25) is 5.95 Å². The summed E-state index contributed by atoms with van der Waals surface area (Å²) in [7, 11) is 2.01. The van der Waals surface area contributed by atoms with Gasteiger partial charge in [0.1, 0.15) is 0 Å². The van der Waals surface area contributed by atoms with Crippen molar-refractivity contribution in [1.82, 2.24) is 9.97 Å². The van der Waals surface area contributed by atoms with Crippen molar-refractivity contribution < 1.29 is 0 Å². The summed E-state index contributed by atoms with van der Waals surface area (Å²) >= 11 is 7.57. The van der Waals surface area contributed by atoms with E-state index in [1.54, 1.807) is 6.20 Å². The minimum atomic E-state index is 0.473. The smallest absolute Gasteiger partial charge is 0.225 e. The molecule has 5 heteroatoms. The zero-order chi connectivity index (χ0) is 11.3. The molecule has 3 nitrogen and oxygen atoms in total. The van der Waals surface area contributed by atoms with Gasteiger partial charge in [-0.3, -0.25) is 0 Å². The highest BCUT2D eigenvalue weighted by atomic mass is 35.5. The second kappa shape index (κ2) is 6.18. The van der Waals surface area contributed by atoms with Gasteiger partial charge < -0.3 is 4.90 Å². The fourth-order valence-corrected chi connectivity index (χ4v) is 1.84. The average molecular weight is 246 g/mol. The van der Waals surface area contributed by atoms with Crippen LogP contribution in [0.4, 0.5) is 5.95 Å². The fourth-order valence-electron chi connectivity index (χ4n) is 1.12. The lowest BCUT2D eigenvalue weighted by Crippen LogP contribution is -2.23. The summed E-state index contributed by atoms with van der Waals surface area (Å²) in [6.45, 7) is 2.92. The van der Waals surface area contributed by atoms with Gasteiger partial charge in [0, 0.05) is 36.8 Å². The quantitative estimate of drug-likeness (QED) is 0.745. The molecule has 0 radical (unpaired) electrons. The molecule has 0 saturated heterocycles. The summed E-state index contributed by atoms with van der Waals surface area (Å²) in [6, 6.07) is 0. The van der Waals surface area contributed by atoms with E-state index in [-0.39, 0.29) is 0 Å². The van der Waals surface area contributed by atoms with Crippen LogP contribution in [-0.2, 0) is 5.88 Å². The Hall–Kier alpha value is -0.480. The maximum absolute atomic E-state index is 5.75. The molecule has 0 aliphatic carbocycles. The number of rotatable bonds is 5. The molecule has 0 amide bonds. The fraction of sp³-hybridized carbons (Fsp3) is 0.600. The van der Waals surface area contributed by atoms with Gasteiger partial charge in [-0.25, -0.2) is 9.97 Å². The number of alkyl halides is 1. The number of halogens is 1. The first-order valence-electron chi connectivity index (χ1n) is 4.77. The lowest BCUT2D eigenvalue weighted by Gasteiger charge is -2.17. The monoisotopic (exact) mass is 245 g/mol. The highest BCUT2D eigenvalue weighted by molar-refractivity contribution is 7.98. The van der Waals surface area contributed by atoms with E-state index in [9.17, 15) is 0 Å². The molecular formula is C10H16ClN3S. The van der Waals surface area contributed by atoms with Crippen LogP contribution in [0.5, 0.6) is 0 Å². The van der Waals surface area contributed by atoms with Crippen molar-refractivity contribution in [2.75, 3.05) is 30.5 Å². The molecule has 84 valence electrons. The Labute approximate surface area is 100 Å². The van der Waals surface area contributed by atoms with Crippen molar-refractivity contribution in [2.24, 2.45) is 0 Å². The van der Waals surface area contributed by atoms with Gasteiger partial charge in [-0.2, -0.15) is 11.8 Å². The largest absolute Gasteiger partial charge is 0.343 e. The number of hydrogen-bond donors (Lipinski definition) is 0. The molecule has 1 heterocycles. The third-order valence-electron chi connectivity index (χ3n) is 2.18. The van der Waals surface area contributed by atoms with Gasteiger partial charge in [0.15, 0.2) is 0 Å². The van der Waals surface area contributed by atoms with Crippen LogP contribution in [0.25, 0.3) is 0 Å². The van der Waals surface area contributed by atoms with Crippen LogP contribution in [0.2, 0.25) is 0 Å². The van der Waals surface area contributed by atoms with Crippen molar-refractivity contribution in [3.63, 3.8) is 0 Å². The Morgan fingerprint density at radius 3 is 2.80 bits per heavy atom. The average Bonchev–Trinajstić information content (AvgIpc) is 2.25. The Morgan fingerprint density at radius 1 is 1.53 bits per heavy atom. The SMILES string of the molecule is CSCCN(C)c1ncc(CCl)c(C)n1. The van der Waals surface area contributed by atoms with Gasteiger partial charge in [-0.05, 0) is 13.2 Å².